The molecule has 18 heavy (non-hydrogen) atoms. The number of ether oxygens (including phenoxy) is 1. The van der Waals surface area contributed by atoms with Gasteiger partial charge in [-0.15, -0.1) is 0 Å². The van der Waals surface area contributed by atoms with Gasteiger partial charge in [0, 0.05) is 31.3 Å². The second kappa shape index (κ2) is 6.36. The summed E-state index contributed by atoms with van der Waals surface area (Å²) >= 11 is 0. The number of rotatable bonds is 3. The van der Waals surface area contributed by atoms with Gasteiger partial charge in [0.2, 0.25) is 0 Å². The number of hydrogen-bond acceptors (Lipinski definition) is 3. The molecule has 0 aliphatic carbocycles. The number of likely N-dealkylation sites (tertiary alicyclic amines) is 1. The molecule has 3 nitrogen and oxygen atoms in total. The Labute approximate surface area is 112 Å². The quantitative estimate of drug-likeness (QED) is 0.836. The van der Waals surface area contributed by atoms with Gasteiger partial charge in [0.05, 0.1) is 6.10 Å². The van der Waals surface area contributed by atoms with Gasteiger partial charge < -0.3 is 10.1 Å². The molecule has 0 aromatic carbocycles. The lowest BCUT2D eigenvalue weighted by Gasteiger charge is -2.48. The summed E-state index contributed by atoms with van der Waals surface area (Å²) in [6.07, 6.45) is 4.17. The minimum absolute atomic E-state index is 0.442. The Balaban J connectivity index is 1.94. The van der Waals surface area contributed by atoms with Crippen molar-refractivity contribution in [3.63, 3.8) is 0 Å². The zero-order valence-electron chi connectivity index (χ0n) is 12.5. The van der Waals surface area contributed by atoms with E-state index in [0.717, 1.165) is 25.1 Å². The van der Waals surface area contributed by atoms with Gasteiger partial charge in [-0.25, -0.2) is 0 Å². The molecule has 106 valence electrons. The van der Waals surface area contributed by atoms with E-state index in [1.165, 1.54) is 25.8 Å². The molecular weight excluding hydrogens is 224 g/mol. The molecule has 0 aromatic heterocycles. The van der Waals surface area contributed by atoms with E-state index in [1.54, 1.807) is 0 Å². The van der Waals surface area contributed by atoms with Crippen molar-refractivity contribution in [2.24, 2.45) is 5.92 Å². The first-order valence-electron chi connectivity index (χ1n) is 7.74. The summed E-state index contributed by atoms with van der Waals surface area (Å²) in [5.74, 6) is 0.747. The number of nitrogens with zero attached hydrogens (tertiary/aromatic N) is 1. The van der Waals surface area contributed by atoms with Gasteiger partial charge in [-0.2, -0.15) is 0 Å². The minimum Gasteiger partial charge on any atom is -0.378 e. The summed E-state index contributed by atoms with van der Waals surface area (Å²) in [6.45, 7) is 12.5. The lowest BCUT2D eigenvalue weighted by atomic mass is 9.84. The van der Waals surface area contributed by atoms with Crippen LogP contribution in [0.3, 0.4) is 0 Å². The Bertz CT molecular complexity index is 259. The summed E-state index contributed by atoms with van der Waals surface area (Å²) in [5.41, 5.74) is 0. The molecule has 5 unspecified atom stereocenters. The van der Waals surface area contributed by atoms with Crippen molar-refractivity contribution in [2.75, 3.05) is 19.7 Å². The van der Waals surface area contributed by atoms with Gasteiger partial charge in [0.25, 0.3) is 0 Å². The van der Waals surface area contributed by atoms with Crippen LogP contribution in [0.1, 0.15) is 47.0 Å². The maximum atomic E-state index is 5.68. The van der Waals surface area contributed by atoms with E-state index < -0.39 is 0 Å². The van der Waals surface area contributed by atoms with Crippen molar-refractivity contribution in [2.45, 2.75) is 71.2 Å². The smallest absolute Gasteiger partial charge is 0.0561 e. The van der Waals surface area contributed by atoms with Crippen LogP contribution in [-0.2, 0) is 4.74 Å². The second-order valence-corrected chi connectivity index (χ2v) is 6.15. The SMILES string of the molecule is CCNC1CCN(C2CCOC(C)C2)C(C)C1C. The molecule has 0 bridgehead atoms. The molecule has 5 atom stereocenters. The Morgan fingerprint density at radius 2 is 2.00 bits per heavy atom. The van der Waals surface area contributed by atoms with Crippen LogP contribution in [0.15, 0.2) is 0 Å². The molecule has 1 N–H and O–H groups in total. The molecular formula is C15H30N2O. The highest BCUT2D eigenvalue weighted by Gasteiger charge is 2.36. The van der Waals surface area contributed by atoms with Gasteiger partial charge in [0.15, 0.2) is 0 Å². The summed E-state index contributed by atoms with van der Waals surface area (Å²) < 4.78 is 5.68. The Morgan fingerprint density at radius 3 is 2.67 bits per heavy atom. The normalized spacial score (nSPS) is 43.0. The predicted molar refractivity (Wildman–Crippen MR) is 75.8 cm³/mol. The van der Waals surface area contributed by atoms with Crippen LogP contribution in [-0.4, -0.2) is 48.8 Å². The Hall–Kier alpha value is -0.120. The van der Waals surface area contributed by atoms with Crippen molar-refractivity contribution < 1.29 is 4.74 Å². The zero-order chi connectivity index (χ0) is 13.1. The summed E-state index contributed by atoms with van der Waals surface area (Å²) in [5, 5.41) is 3.65. The molecule has 2 aliphatic rings. The Morgan fingerprint density at radius 1 is 1.22 bits per heavy atom. The summed E-state index contributed by atoms with van der Waals surface area (Å²) in [7, 11) is 0. The first-order chi connectivity index (χ1) is 8.63. The molecule has 2 fully saturated rings. The van der Waals surface area contributed by atoms with Crippen LogP contribution in [0.5, 0.6) is 0 Å². The van der Waals surface area contributed by atoms with Crippen molar-refractivity contribution in [1.82, 2.24) is 10.2 Å². The van der Waals surface area contributed by atoms with Crippen LogP contribution in [0.25, 0.3) is 0 Å². The molecule has 2 saturated heterocycles. The first kappa shape index (κ1) is 14.3. The van der Waals surface area contributed by atoms with Crippen LogP contribution in [0.2, 0.25) is 0 Å². The highest BCUT2D eigenvalue weighted by Crippen LogP contribution is 2.29. The van der Waals surface area contributed by atoms with E-state index in [9.17, 15) is 0 Å². The molecule has 0 radical (unpaired) electrons. The van der Waals surface area contributed by atoms with Crippen molar-refractivity contribution in [3.8, 4) is 0 Å². The fourth-order valence-corrected chi connectivity index (χ4v) is 3.73. The first-order valence-corrected chi connectivity index (χ1v) is 7.74. The van der Waals surface area contributed by atoms with Crippen molar-refractivity contribution in [1.29, 1.82) is 0 Å². The molecule has 2 heterocycles. The fourth-order valence-electron chi connectivity index (χ4n) is 3.73. The standard InChI is InChI=1S/C15H30N2O/c1-5-16-15-6-8-17(13(4)12(15)3)14-7-9-18-11(2)10-14/h11-16H,5-10H2,1-4H3. The zero-order valence-corrected chi connectivity index (χ0v) is 12.5. The molecule has 3 heteroatoms. The van der Waals surface area contributed by atoms with E-state index in [1.807, 2.05) is 0 Å². The van der Waals surface area contributed by atoms with Crippen LogP contribution >= 0.6 is 0 Å². The second-order valence-electron chi connectivity index (χ2n) is 6.15. The number of nitrogens with one attached hydrogen (secondary N) is 1. The molecule has 2 rings (SSSR count). The van der Waals surface area contributed by atoms with E-state index in [4.69, 9.17) is 4.74 Å². The van der Waals surface area contributed by atoms with Gasteiger partial charge in [-0.3, -0.25) is 4.90 Å². The molecule has 2 aliphatic heterocycles. The predicted octanol–water partition coefficient (Wildman–Crippen LogP) is 2.26. The van der Waals surface area contributed by atoms with Gasteiger partial charge in [-0.05, 0) is 45.6 Å². The third-order valence-electron chi connectivity index (χ3n) is 5.01. The third kappa shape index (κ3) is 3.06. The largest absolute Gasteiger partial charge is 0.378 e. The van der Waals surface area contributed by atoms with E-state index >= 15 is 0 Å². The topological polar surface area (TPSA) is 24.5 Å². The number of piperidine rings is 1. The van der Waals surface area contributed by atoms with Crippen molar-refractivity contribution in [3.05, 3.63) is 0 Å². The molecule has 0 saturated carbocycles. The van der Waals surface area contributed by atoms with E-state index in [0.29, 0.717) is 18.2 Å². The summed E-state index contributed by atoms with van der Waals surface area (Å²) in [6, 6.07) is 2.14. The fraction of sp³-hybridized carbons (Fsp3) is 1.00. The molecule has 0 aromatic rings. The van der Waals surface area contributed by atoms with E-state index in [2.05, 4.69) is 37.9 Å². The van der Waals surface area contributed by atoms with Crippen LogP contribution in [0.4, 0.5) is 0 Å². The average molecular weight is 254 g/mol. The van der Waals surface area contributed by atoms with Gasteiger partial charge >= 0.3 is 0 Å². The van der Waals surface area contributed by atoms with Crippen LogP contribution < -0.4 is 5.32 Å². The monoisotopic (exact) mass is 254 g/mol. The average Bonchev–Trinajstić information content (AvgIpc) is 2.35. The lowest BCUT2D eigenvalue weighted by Crippen LogP contribution is -2.57. The maximum absolute atomic E-state index is 5.68. The third-order valence-corrected chi connectivity index (χ3v) is 5.01. The highest BCUT2D eigenvalue weighted by atomic mass is 16.5. The molecule has 0 amide bonds. The van der Waals surface area contributed by atoms with Crippen LogP contribution in [0, 0.1) is 5.92 Å². The minimum atomic E-state index is 0.442. The Kier molecular flexibility index (Phi) is 5.05. The van der Waals surface area contributed by atoms with Crippen molar-refractivity contribution >= 4 is 0 Å². The lowest BCUT2D eigenvalue weighted by molar-refractivity contribution is -0.0456. The maximum Gasteiger partial charge on any atom is 0.0561 e. The summed E-state index contributed by atoms with van der Waals surface area (Å²) in [4.78, 5) is 2.75. The van der Waals surface area contributed by atoms with E-state index in [-0.39, 0.29) is 0 Å². The molecule has 0 spiro atoms. The highest BCUT2D eigenvalue weighted by molar-refractivity contribution is 4.92. The van der Waals surface area contributed by atoms with Gasteiger partial charge in [0.1, 0.15) is 0 Å². The number of hydrogen-bond donors (Lipinski definition) is 1. The van der Waals surface area contributed by atoms with Gasteiger partial charge in [-0.1, -0.05) is 13.8 Å².